The zero-order valence-corrected chi connectivity index (χ0v) is 13.3. The number of aromatic nitrogens is 2. The highest BCUT2D eigenvalue weighted by Crippen LogP contribution is 2.30. The number of benzene rings is 2. The molecule has 1 saturated carbocycles. The molecule has 1 heterocycles. The third-order valence-corrected chi connectivity index (χ3v) is 4.23. The van der Waals surface area contributed by atoms with E-state index in [1.165, 1.54) is 0 Å². The largest absolute Gasteiger partial charge is 0.352 e. The van der Waals surface area contributed by atoms with E-state index in [9.17, 15) is 4.79 Å². The molecule has 0 unspecified atom stereocenters. The molecule has 0 saturated heterocycles. The highest BCUT2D eigenvalue weighted by molar-refractivity contribution is 6.31. The number of hydrogen-bond donors (Lipinski definition) is 1. The van der Waals surface area contributed by atoms with Gasteiger partial charge in [-0.2, -0.15) is 5.10 Å². The van der Waals surface area contributed by atoms with Crippen LogP contribution in [0.3, 0.4) is 0 Å². The number of carbonyl (C=O) groups excluding carboxylic acids is 1. The SMILES string of the molecule is O=C(Cn1nc(-c2ccccc2)c2cc(Cl)ccc21)NC1CC1. The van der Waals surface area contributed by atoms with Gasteiger partial charge in [-0.15, -0.1) is 0 Å². The molecular weight excluding hydrogens is 310 g/mol. The molecule has 1 aromatic heterocycles. The third-order valence-electron chi connectivity index (χ3n) is 4.00. The minimum absolute atomic E-state index is 0.00598. The van der Waals surface area contributed by atoms with E-state index in [1.807, 2.05) is 48.5 Å². The van der Waals surface area contributed by atoms with Crippen molar-refractivity contribution in [3.63, 3.8) is 0 Å². The molecule has 0 bridgehead atoms. The minimum atomic E-state index is 0.00598. The molecule has 0 radical (unpaired) electrons. The van der Waals surface area contributed by atoms with E-state index in [-0.39, 0.29) is 12.5 Å². The van der Waals surface area contributed by atoms with Gasteiger partial charge in [0.1, 0.15) is 12.2 Å². The van der Waals surface area contributed by atoms with Crippen molar-refractivity contribution in [1.29, 1.82) is 0 Å². The van der Waals surface area contributed by atoms with Gasteiger partial charge < -0.3 is 5.32 Å². The van der Waals surface area contributed by atoms with Gasteiger partial charge in [-0.05, 0) is 31.0 Å². The number of rotatable bonds is 4. The maximum Gasteiger partial charge on any atom is 0.241 e. The van der Waals surface area contributed by atoms with Gasteiger partial charge >= 0.3 is 0 Å². The smallest absolute Gasteiger partial charge is 0.241 e. The van der Waals surface area contributed by atoms with Crippen LogP contribution >= 0.6 is 11.6 Å². The Morgan fingerprint density at radius 3 is 2.74 bits per heavy atom. The molecule has 3 aromatic rings. The van der Waals surface area contributed by atoms with Crippen molar-refractivity contribution in [3.05, 3.63) is 53.6 Å². The molecule has 0 atom stereocenters. The Labute approximate surface area is 139 Å². The van der Waals surface area contributed by atoms with Crippen molar-refractivity contribution < 1.29 is 4.79 Å². The number of hydrogen-bond acceptors (Lipinski definition) is 2. The quantitative estimate of drug-likeness (QED) is 0.796. The first-order valence-electron chi connectivity index (χ1n) is 7.71. The van der Waals surface area contributed by atoms with Gasteiger partial charge in [0.25, 0.3) is 0 Å². The topological polar surface area (TPSA) is 46.9 Å². The Balaban J connectivity index is 1.77. The fourth-order valence-corrected chi connectivity index (χ4v) is 2.89. The van der Waals surface area contributed by atoms with E-state index in [2.05, 4.69) is 10.4 Å². The van der Waals surface area contributed by atoms with E-state index < -0.39 is 0 Å². The average Bonchev–Trinajstić information content (AvgIpc) is 3.29. The lowest BCUT2D eigenvalue weighted by atomic mass is 10.1. The molecule has 1 aliphatic carbocycles. The number of halogens is 1. The summed E-state index contributed by atoms with van der Waals surface area (Å²) in [5, 5.41) is 9.29. The zero-order valence-electron chi connectivity index (χ0n) is 12.5. The van der Waals surface area contributed by atoms with E-state index >= 15 is 0 Å². The summed E-state index contributed by atoms with van der Waals surface area (Å²) in [5.41, 5.74) is 2.78. The summed E-state index contributed by atoms with van der Waals surface area (Å²) in [6.45, 7) is 0.224. The minimum Gasteiger partial charge on any atom is -0.352 e. The Hall–Kier alpha value is -2.33. The van der Waals surface area contributed by atoms with Gasteiger partial charge in [0.2, 0.25) is 5.91 Å². The number of amides is 1. The van der Waals surface area contributed by atoms with Gasteiger partial charge in [-0.3, -0.25) is 9.48 Å². The number of nitrogens with one attached hydrogen (secondary N) is 1. The molecule has 0 spiro atoms. The van der Waals surface area contributed by atoms with Gasteiger partial charge in [0, 0.05) is 22.0 Å². The van der Waals surface area contributed by atoms with Gasteiger partial charge in [0.15, 0.2) is 0 Å². The third kappa shape index (κ3) is 2.94. The Morgan fingerprint density at radius 2 is 2.00 bits per heavy atom. The van der Waals surface area contributed by atoms with Crippen LogP contribution in [0.25, 0.3) is 22.2 Å². The van der Waals surface area contributed by atoms with Crippen LogP contribution in [0, 0.1) is 0 Å². The van der Waals surface area contributed by atoms with E-state index in [0.717, 1.165) is 35.0 Å². The lowest BCUT2D eigenvalue weighted by Gasteiger charge is -2.04. The summed E-state index contributed by atoms with van der Waals surface area (Å²) in [6, 6.07) is 16.0. The Bertz CT molecular complexity index is 869. The maximum atomic E-state index is 12.1. The highest BCUT2D eigenvalue weighted by atomic mass is 35.5. The normalized spacial score (nSPS) is 14.1. The molecular formula is C18H16ClN3O. The molecule has 4 rings (SSSR count). The second-order valence-electron chi connectivity index (χ2n) is 5.88. The van der Waals surface area contributed by atoms with Crippen molar-refractivity contribution in [2.24, 2.45) is 0 Å². The summed E-state index contributed by atoms with van der Waals surface area (Å²) >= 11 is 6.15. The standard InChI is InChI=1S/C18H16ClN3O/c19-13-6-9-16-15(10-13)18(12-4-2-1-3-5-12)21-22(16)11-17(23)20-14-7-8-14/h1-6,9-10,14H,7-8,11H2,(H,20,23). The van der Waals surface area contributed by atoms with Crippen LogP contribution in [0.1, 0.15) is 12.8 Å². The van der Waals surface area contributed by atoms with Gasteiger partial charge in [-0.1, -0.05) is 41.9 Å². The van der Waals surface area contributed by atoms with E-state index in [4.69, 9.17) is 11.6 Å². The van der Waals surface area contributed by atoms with E-state index in [0.29, 0.717) is 11.1 Å². The highest BCUT2D eigenvalue weighted by Gasteiger charge is 2.24. The van der Waals surface area contributed by atoms with Crippen molar-refractivity contribution in [2.75, 3.05) is 0 Å². The molecule has 5 heteroatoms. The molecule has 1 N–H and O–H groups in total. The Kier molecular flexibility index (Phi) is 3.54. The number of nitrogens with zero attached hydrogens (tertiary/aromatic N) is 2. The van der Waals surface area contributed by atoms with Crippen LogP contribution in [-0.2, 0) is 11.3 Å². The molecule has 1 aliphatic rings. The predicted octanol–water partition coefficient (Wildman–Crippen LogP) is 3.64. The first kappa shape index (κ1) is 14.3. The van der Waals surface area contributed by atoms with Gasteiger partial charge in [-0.25, -0.2) is 0 Å². The van der Waals surface area contributed by atoms with Crippen LogP contribution in [0.4, 0.5) is 0 Å². The lowest BCUT2D eigenvalue weighted by molar-refractivity contribution is -0.121. The van der Waals surface area contributed by atoms with Crippen molar-refractivity contribution in [3.8, 4) is 11.3 Å². The summed E-state index contributed by atoms with van der Waals surface area (Å²) in [5.74, 6) is 0.00598. The summed E-state index contributed by atoms with van der Waals surface area (Å²) in [7, 11) is 0. The molecule has 1 fully saturated rings. The second kappa shape index (κ2) is 5.70. The van der Waals surface area contributed by atoms with Crippen molar-refractivity contribution in [1.82, 2.24) is 15.1 Å². The van der Waals surface area contributed by atoms with Crippen molar-refractivity contribution >= 4 is 28.4 Å². The van der Waals surface area contributed by atoms with Crippen LogP contribution in [-0.4, -0.2) is 21.7 Å². The van der Waals surface area contributed by atoms with Gasteiger partial charge in [0.05, 0.1) is 5.52 Å². The second-order valence-corrected chi connectivity index (χ2v) is 6.31. The first-order valence-corrected chi connectivity index (χ1v) is 8.09. The summed E-state index contributed by atoms with van der Waals surface area (Å²) < 4.78 is 1.76. The molecule has 4 nitrogen and oxygen atoms in total. The predicted molar refractivity (Wildman–Crippen MR) is 91.3 cm³/mol. The van der Waals surface area contributed by atoms with Crippen LogP contribution < -0.4 is 5.32 Å². The van der Waals surface area contributed by atoms with Crippen LogP contribution in [0.15, 0.2) is 48.5 Å². The van der Waals surface area contributed by atoms with Crippen LogP contribution in [0.2, 0.25) is 5.02 Å². The molecule has 23 heavy (non-hydrogen) atoms. The van der Waals surface area contributed by atoms with Crippen molar-refractivity contribution in [2.45, 2.75) is 25.4 Å². The first-order chi connectivity index (χ1) is 11.2. The number of carbonyl (C=O) groups is 1. The monoisotopic (exact) mass is 325 g/mol. The Morgan fingerprint density at radius 1 is 1.22 bits per heavy atom. The van der Waals surface area contributed by atoms with E-state index in [1.54, 1.807) is 4.68 Å². The lowest BCUT2D eigenvalue weighted by Crippen LogP contribution is -2.29. The zero-order chi connectivity index (χ0) is 15.8. The molecule has 116 valence electrons. The average molecular weight is 326 g/mol. The molecule has 2 aromatic carbocycles. The summed E-state index contributed by atoms with van der Waals surface area (Å²) in [6.07, 6.45) is 2.16. The number of fused-ring (bicyclic) bond motifs is 1. The maximum absolute atomic E-state index is 12.1. The molecule has 0 aliphatic heterocycles. The fraction of sp³-hybridized carbons (Fsp3) is 0.222. The molecule has 1 amide bonds. The fourth-order valence-electron chi connectivity index (χ4n) is 2.72. The van der Waals surface area contributed by atoms with Crippen LogP contribution in [0.5, 0.6) is 0 Å². The summed E-state index contributed by atoms with van der Waals surface area (Å²) in [4.78, 5) is 12.1.